The van der Waals surface area contributed by atoms with Crippen LogP contribution in [0.5, 0.6) is 5.75 Å². The highest BCUT2D eigenvalue weighted by Crippen LogP contribution is 2.16. The Bertz CT molecular complexity index is 652. The van der Waals surface area contributed by atoms with Crippen LogP contribution in [0.15, 0.2) is 12.1 Å². The average molecular weight is 290 g/mol. The Morgan fingerprint density at radius 1 is 1.43 bits per heavy atom. The van der Waals surface area contributed by atoms with Crippen LogP contribution in [-0.2, 0) is 13.0 Å². The lowest BCUT2D eigenvalue weighted by molar-refractivity contribution is 0.0689. The fraction of sp³-hybridized carbons (Fsp3) is 0.429. The molecule has 0 fully saturated rings. The van der Waals surface area contributed by atoms with E-state index in [0.717, 1.165) is 17.8 Å². The molecule has 7 nitrogen and oxygen atoms in total. The standard InChI is InChI=1S/C14H18N4O3/c1-4-5-12-13(14(19)20)16-17-18(12)8-10-7-11(21-3)6-9(2)15-10/h6-7H,4-5,8H2,1-3H3,(H,19,20). The number of aromatic nitrogens is 4. The second-order valence-corrected chi connectivity index (χ2v) is 4.74. The van der Waals surface area contributed by atoms with Gasteiger partial charge in [0.15, 0.2) is 5.69 Å². The van der Waals surface area contributed by atoms with Gasteiger partial charge in [0, 0.05) is 17.8 Å². The first-order chi connectivity index (χ1) is 10.0. The fourth-order valence-corrected chi connectivity index (χ4v) is 2.17. The zero-order valence-corrected chi connectivity index (χ0v) is 12.3. The molecule has 1 N–H and O–H groups in total. The minimum Gasteiger partial charge on any atom is -0.497 e. The highest BCUT2D eigenvalue weighted by atomic mass is 16.5. The van der Waals surface area contributed by atoms with Crippen molar-refractivity contribution in [1.29, 1.82) is 0 Å². The van der Waals surface area contributed by atoms with Crippen molar-refractivity contribution in [2.24, 2.45) is 0 Å². The first-order valence-corrected chi connectivity index (χ1v) is 6.72. The zero-order valence-electron chi connectivity index (χ0n) is 12.3. The Morgan fingerprint density at radius 2 is 2.19 bits per heavy atom. The molecule has 0 bridgehead atoms. The number of carboxylic acid groups (broad SMARTS) is 1. The van der Waals surface area contributed by atoms with Gasteiger partial charge >= 0.3 is 5.97 Å². The van der Waals surface area contributed by atoms with Gasteiger partial charge in [-0.3, -0.25) is 4.98 Å². The minimum absolute atomic E-state index is 0.0106. The van der Waals surface area contributed by atoms with Crippen LogP contribution in [0, 0.1) is 6.92 Å². The third kappa shape index (κ3) is 3.36. The topological polar surface area (TPSA) is 90.1 Å². The quantitative estimate of drug-likeness (QED) is 0.870. The number of hydrogen-bond donors (Lipinski definition) is 1. The molecule has 0 saturated carbocycles. The van der Waals surface area contributed by atoms with E-state index in [-0.39, 0.29) is 5.69 Å². The Morgan fingerprint density at radius 3 is 2.81 bits per heavy atom. The normalized spacial score (nSPS) is 10.6. The van der Waals surface area contributed by atoms with Gasteiger partial charge in [-0.2, -0.15) is 0 Å². The summed E-state index contributed by atoms with van der Waals surface area (Å²) in [6.07, 6.45) is 1.43. The van der Waals surface area contributed by atoms with Gasteiger partial charge in [0.05, 0.1) is 25.0 Å². The molecule has 0 atom stereocenters. The van der Waals surface area contributed by atoms with E-state index in [0.29, 0.717) is 24.4 Å². The Labute approximate surface area is 122 Å². The van der Waals surface area contributed by atoms with Crippen molar-refractivity contribution in [1.82, 2.24) is 20.0 Å². The van der Waals surface area contributed by atoms with Crippen molar-refractivity contribution in [2.75, 3.05) is 7.11 Å². The van der Waals surface area contributed by atoms with Crippen molar-refractivity contribution >= 4 is 5.97 Å². The molecule has 2 rings (SSSR count). The predicted molar refractivity (Wildman–Crippen MR) is 75.6 cm³/mol. The maximum absolute atomic E-state index is 11.2. The summed E-state index contributed by atoms with van der Waals surface area (Å²) < 4.78 is 6.81. The number of aryl methyl sites for hydroxylation is 1. The maximum Gasteiger partial charge on any atom is 0.358 e. The van der Waals surface area contributed by atoms with Gasteiger partial charge in [-0.15, -0.1) is 5.10 Å². The van der Waals surface area contributed by atoms with E-state index < -0.39 is 5.97 Å². The van der Waals surface area contributed by atoms with Crippen molar-refractivity contribution in [3.8, 4) is 5.75 Å². The molecular weight excluding hydrogens is 272 g/mol. The van der Waals surface area contributed by atoms with E-state index in [4.69, 9.17) is 9.84 Å². The molecule has 0 aliphatic carbocycles. The highest BCUT2D eigenvalue weighted by Gasteiger charge is 2.18. The first-order valence-electron chi connectivity index (χ1n) is 6.72. The van der Waals surface area contributed by atoms with Crippen LogP contribution in [-0.4, -0.2) is 38.2 Å². The van der Waals surface area contributed by atoms with Crippen LogP contribution in [0.25, 0.3) is 0 Å². The lowest BCUT2D eigenvalue weighted by Gasteiger charge is -2.08. The molecule has 2 heterocycles. The molecule has 0 unspecified atom stereocenters. The molecule has 112 valence electrons. The van der Waals surface area contributed by atoms with Gasteiger partial charge in [-0.1, -0.05) is 18.6 Å². The molecule has 0 aliphatic rings. The maximum atomic E-state index is 11.2. The molecular formula is C14H18N4O3. The SMILES string of the molecule is CCCc1c(C(=O)O)nnn1Cc1cc(OC)cc(C)n1. The smallest absolute Gasteiger partial charge is 0.358 e. The number of rotatable bonds is 6. The molecule has 0 spiro atoms. The van der Waals surface area contributed by atoms with Crippen LogP contribution in [0.1, 0.15) is 40.9 Å². The third-order valence-corrected chi connectivity index (χ3v) is 3.05. The Hall–Kier alpha value is -2.44. The summed E-state index contributed by atoms with van der Waals surface area (Å²) in [6.45, 7) is 4.23. The van der Waals surface area contributed by atoms with E-state index in [1.54, 1.807) is 11.8 Å². The lowest BCUT2D eigenvalue weighted by Crippen LogP contribution is -2.10. The van der Waals surface area contributed by atoms with Crippen molar-refractivity contribution < 1.29 is 14.6 Å². The van der Waals surface area contributed by atoms with Crippen LogP contribution in [0.4, 0.5) is 0 Å². The summed E-state index contributed by atoms with van der Waals surface area (Å²) in [5, 5.41) is 16.8. The highest BCUT2D eigenvalue weighted by molar-refractivity contribution is 5.86. The fourth-order valence-electron chi connectivity index (χ4n) is 2.17. The summed E-state index contributed by atoms with van der Waals surface area (Å²) in [4.78, 5) is 15.6. The molecule has 2 aromatic rings. The molecule has 0 radical (unpaired) electrons. The Kier molecular flexibility index (Phi) is 4.52. The van der Waals surface area contributed by atoms with E-state index in [1.165, 1.54) is 0 Å². The molecule has 0 aliphatic heterocycles. The summed E-state index contributed by atoms with van der Waals surface area (Å²) in [5.41, 5.74) is 2.22. The average Bonchev–Trinajstić information content (AvgIpc) is 2.82. The number of hydrogen-bond acceptors (Lipinski definition) is 5. The van der Waals surface area contributed by atoms with Crippen LogP contribution in [0.3, 0.4) is 0 Å². The number of carboxylic acids is 1. The molecule has 0 aromatic carbocycles. The largest absolute Gasteiger partial charge is 0.497 e. The van der Waals surface area contributed by atoms with Crippen molar-refractivity contribution in [2.45, 2.75) is 33.2 Å². The van der Waals surface area contributed by atoms with E-state index in [1.807, 2.05) is 26.0 Å². The van der Waals surface area contributed by atoms with E-state index in [2.05, 4.69) is 15.3 Å². The molecule has 2 aromatic heterocycles. The summed E-state index contributed by atoms with van der Waals surface area (Å²) in [7, 11) is 1.60. The molecule has 7 heteroatoms. The molecule has 0 amide bonds. The van der Waals surface area contributed by atoms with Crippen molar-refractivity contribution in [3.05, 3.63) is 34.9 Å². The van der Waals surface area contributed by atoms with Crippen LogP contribution < -0.4 is 4.74 Å². The number of ether oxygens (including phenoxy) is 1. The molecule has 0 saturated heterocycles. The number of methoxy groups -OCH3 is 1. The van der Waals surface area contributed by atoms with Gasteiger partial charge in [-0.05, 0) is 13.3 Å². The van der Waals surface area contributed by atoms with E-state index >= 15 is 0 Å². The van der Waals surface area contributed by atoms with Gasteiger partial charge in [0.1, 0.15) is 5.75 Å². The van der Waals surface area contributed by atoms with Gasteiger partial charge in [0.2, 0.25) is 0 Å². The minimum atomic E-state index is -1.06. The summed E-state index contributed by atoms with van der Waals surface area (Å²) in [6, 6.07) is 3.64. The van der Waals surface area contributed by atoms with Crippen LogP contribution >= 0.6 is 0 Å². The predicted octanol–water partition coefficient (Wildman–Crippen LogP) is 1.69. The number of carbonyl (C=O) groups is 1. The molecule has 21 heavy (non-hydrogen) atoms. The van der Waals surface area contributed by atoms with Crippen molar-refractivity contribution in [3.63, 3.8) is 0 Å². The second kappa shape index (κ2) is 6.34. The van der Waals surface area contributed by atoms with E-state index in [9.17, 15) is 4.79 Å². The lowest BCUT2D eigenvalue weighted by atomic mass is 10.2. The van der Waals surface area contributed by atoms with Gasteiger partial charge < -0.3 is 9.84 Å². The number of pyridine rings is 1. The number of aromatic carboxylic acids is 1. The Balaban J connectivity index is 2.35. The van der Waals surface area contributed by atoms with Gasteiger partial charge in [0.25, 0.3) is 0 Å². The summed E-state index contributed by atoms with van der Waals surface area (Å²) in [5.74, 6) is -0.340. The number of nitrogens with zero attached hydrogens (tertiary/aromatic N) is 4. The van der Waals surface area contributed by atoms with Crippen LogP contribution in [0.2, 0.25) is 0 Å². The van der Waals surface area contributed by atoms with Gasteiger partial charge in [-0.25, -0.2) is 9.48 Å². The summed E-state index contributed by atoms with van der Waals surface area (Å²) >= 11 is 0. The second-order valence-electron chi connectivity index (χ2n) is 4.74. The zero-order chi connectivity index (χ0) is 15.4. The monoisotopic (exact) mass is 290 g/mol. The first kappa shape index (κ1) is 15.0. The third-order valence-electron chi connectivity index (χ3n) is 3.05.